The van der Waals surface area contributed by atoms with E-state index in [-0.39, 0.29) is 6.10 Å². The maximum Gasteiger partial charge on any atom is 0.206 e. The van der Waals surface area contributed by atoms with Crippen LogP contribution in [0.1, 0.15) is 30.1 Å². The van der Waals surface area contributed by atoms with Gasteiger partial charge in [0, 0.05) is 31.9 Å². The molecule has 0 saturated carbocycles. The molecule has 4 rings (SSSR count). The van der Waals surface area contributed by atoms with Crippen LogP contribution in [-0.4, -0.2) is 48.4 Å². The highest BCUT2D eigenvalue weighted by Gasteiger charge is 2.21. The van der Waals surface area contributed by atoms with Gasteiger partial charge in [0.15, 0.2) is 0 Å². The van der Waals surface area contributed by atoms with Crippen LogP contribution in [0.15, 0.2) is 53.4 Å². The lowest BCUT2D eigenvalue weighted by atomic mass is 9.95. The first-order valence-corrected chi connectivity index (χ1v) is 11.4. The Balaban J connectivity index is 1.22. The van der Waals surface area contributed by atoms with Gasteiger partial charge in [0.25, 0.3) is 0 Å². The lowest BCUT2D eigenvalue weighted by Gasteiger charge is -2.36. The van der Waals surface area contributed by atoms with E-state index in [4.69, 9.17) is 10.6 Å². The SMILES string of the molecule is NOS(=O)c1ccc(N2CCN(CCCC3OCCc4ccccc43)CC2)cc1. The average Bonchev–Trinajstić information content (AvgIpc) is 2.79. The maximum atomic E-state index is 11.6. The van der Waals surface area contributed by atoms with Crippen molar-refractivity contribution in [1.29, 1.82) is 0 Å². The lowest BCUT2D eigenvalue weighted by Crippen LogP contribution is -2.46. The molecule has 0 spiro atoms. The summed E-state index contributed by atoms with van der Waals surface area (Å²) in [4.78, 5) is 5.49. The zero-order valence-corrected chi connectivity index (χ0v) is 17.5. The molecule has 7 heteroatoms. The van der Waals surface area contributed by atoms with Crippen molar-refractivity contribution in [3.63, 3.8) is 0 Å². The third kappa shape index (κ3) is 5.05. The summed E-state index contributed by atoms with van der Waals surface area (Å²) in [6, 6.07) is 16.3. The number of benzene rings is 2. The molecule has 0 aromatic heterocycles. The largest absolute Gasteiger partial charge is 0.373 e. The first kappa shape index (κ1) is 20.5. The van der Waals surface area contributed by atoms with Crippen LogP contribution in [0.25, 0.3) is 0 Å². The fourth-order valence-corrected chi connectivity index (χ4v) is 4.74. The molecule has 2 unspecified atom stereocenters. The van der Waals surface area contributed by atoms with Crippen molar-refractivity contribution in [3.8, 4) is 0 Å². The van der Waals surface area contributed by atoms with Gasteiger partial charge >= 0.3 is 0 Å². The molecule has 2 aromatic rings. The third-order valence-corrected chi connectivity index (χ3v) is 6.72. The van der Waals surface area contributed by atoms with Crippen LogP contribution in [0.2, 0.25) is 0 Å². The Hall–Kier alpha value is -1.77. The van der Waals surface area contributed by atoms with Crippen LogP contribution in [-0.2, 0) is 26.5 Å². The molecule has 2 N–H and O–H groups in total. The van der Waals surface area contributed by atoms with Gasteiger partial charge in [0.1, 0.15) is 0 Å². The zero-order valence-electron chi connectivity index (χ0n) is 16.7. The first-order chi connectivity index (χ1) is 14.2. The van der Waals surface area contributed by atoms with Crippen LogP contribution in [0.4, 0.5) is 5.69 Å². The Morgan fingerprint density at radius 1 is 1.07 bits per heavy atom. The van der Waals surface area contributed by atoms with Crippen molar-refractivity contribution in [2.24, 2.45) is 5.90 Å². The van der Waals surface area contributed by atoms with Gasteiger partial charge in [-0.2, -0.15) is 10.2 Å². The predicted molar refractivity (Wildman–Crippen MR) is 115 cm³/mol. The molecule has 6 nitrogen and oxygen atoms in total. The highest BCUT2D eigenvalue weighted by Crippen LogP contribution is 2.30. The average molecular weight is 416 g/mol. The minimum absolute atomic E-state index is 0.253. The molecule has 1 fully saturated rings. The van der Waals surface area contributed by atoms with Crippen LogP contribution in [0, 0.1) is 0 Å². The molecule has 1 saturated heterocycles. The second kappa shape index (κ2) is 9.82. The van der Waals surface area contributed by atoms with Gasteiger partial charge in [0.05, 0.1) is 17.6 Å². The summed E-state index contributed by atoms with van der Waals surface area (Å²) in [5, 5.41) is 0. The van der Waals surface area contributed by atoms with Gasteiger partial charge in [-0.25, -0.2) is 4.21 Å². The van der Waals surface area contributed by atoms with Crippen molar-refractivity contribution in [2.45, 2.75) is 30.3 Å². The number of fused-ring (bicyclic) bond motifs is 1. The number of nitrogens with zero attached hydrogens (tertiary/aromatic N) is 2. The van der Waals surface area contributed by atoms with Gasteiger partial charge < -0.3 is 9.64 Å². The molecule has 0 aliphatic carbocycles. The van der Waals surface area contributed by atoms with Crippen molar-refractivity contribution < 1.29 is 13.2 Å². The molecular weight excluding hydrogens is 386 g/mol. The Morgan fingerprint density at radius 2 is 1.83 bits per heavy atom. The minimum atomic E-state index is -1.59. The Kier molecular flexibility index (Phi) is 6.94. The number of hydrogen-bond acceptors (Lipinski definition) is 6. The molecular formula is C22H29N3O3S. The van der Waals surface area contributed by atoms with Crippen molar-refractivity contribution in [2.75, 3.05) is 44.2 Å². The molecule has 2 aromatic carbocycles. The molecule has 2 aliphatic rings. The van der Waals surface area contributed by atoms with Crippen molar-refractivity contribution in [1.82, 2.24) is 4.90 Å². The van der Waals surface area contributed by atoms with Crippen molar-refractivity contribution in [3.05, 3.63) is 59.7 Å². The van der Waals surface area contributed by atoms with Gasteiger partial charge in [-0.3, -0.25) is 4.90 Å². The van der Waals surface area contributed by atoms with E-state index in [0.717, 1.165) is 64.3 Å². The summed E-state index contributed by atoms with van der Waals surface area (Å²) >= 11 is -1.59. The summed E-state index contributed by atoms with van der Waals surface area (Å²) in [6.45, 7) is 6.06. The Bertz CT molecular complexity index is 822. The molecule has 2 atom stereocenters. The third-order valence-electron chi connectivity index (χ3n) is 5.89. The standard InChI is InChI=1S/C22H29N3O3S/c23-28-29(26)20-9-7-19(8-10-20)25-15-13-24(14-16-25)12-3-6-22-21-5-2-1-4-18(21)11-17-27-22/h1-2,4-5,7-10,22H,3,6,11-17,23H2. The highest BCUT2D eigenvalue weighted by atomic mass is 32.2. The van der Waals surface area contributed by atoms with E-state index >= 15 is 0 Å². The fourth-order valence-electron chi connectivity index (χ4n) is 4.27. The smallest absolute Gasteiger partial charge is 0.206 e. The van der Waals surface area contributed by atoms with Crippen LogP contribution >= 0.6 is 0 Å². The Labute approximate surface area is 175 Å². The fraction of sp³-hybridized carbons (Fsp3) is 0.455. The Morgan fingerprint density at radius 3 is 2.59 bits per heavy atom. The first-order valence-electron chi connectivity index (χ1n) is 10.3. The van der Waals surface area contributed by atoms with E-state index in [1.165, 1.54) is 11.1 Å². The summed E-state index contributed by atoms with van der Waals surface area (Å²) in [6.07, 6.45) is 3.52. The van der Waals surface area contributed by atoms with Crippen LogP contribution in [0.5, 0.6) is 0 Å². The maximum absolute atomic E-state index is 11.6. The number of nitrogens with two attached hydrogens (primary N) is 1. The molecule has 2 aliphatic heterocycles. The predicted octanol–water partition coefficient (Wildman–Crippen LogP) is 2.82. The van der Waals surface area contributed by atoms with E-state index in [0.29, 0.717) is 4.90 Å². The quantitative estimate of drug-likeness (QED) is 0.702. The van der Waals surface area contributed by atoms with Crippen LogP contribution < -0.4 is 10.8 Å². The number of hydrogen-bond donors (Lipinski definition) is 1. The molecule has 29 heavy (non-hydrogen) atoms. The van der Waals surface area contributed by atoms with E-state index < -0.39 is 11.1 Å². The number of ether oxygens (including phenoxy) is 1. The molecule has 0 amide bonds. The van der Waals surface area contributed by atoms with Gasteiger partial charge in [0.2, 0.25) is 11.1 Å². The van der Waals surface area contributed by atoms with Crippen molar-refractivity contribution >= 4 is 16.8 Å². The highest BCUT2D eigenvalue weighted by molar-refractivity contribution is 7.80. The molecule has 0 bridgehead atoms. The summed E-state index contributed by atoms with van der Waals surface area (Å²) in [5.74, 6) is 4.99. The zero-order chi connectivity index (χ0) is 20.1. The number of piperazine rings is 1. The second-order valence-corrected chi connectivity index (χ2v) is 8.74. The topological polar surface area (TPSA) is 68.0 Å². The van der Waals surface area contributed by atoms with Gasteiger partial charge in [-0.1, -0.05) is 24.3 Å². The monoisotopic (exact) mass is 415 g/mol. The molecule has 2 heterocycles. The lowest BCUT2D eigenvalue weighted by molar-refractivity contribution is 0.0332. The van der Waals surface area contributed by atoms with Gasteiger partial charge in [-0.05, 0) is 61.2 Å². The number of rotatable bonds is 7. The minimum Gasteiger partial charge on any atom is -0.373 e. The molecule has 0 radical (unpaired) electrons. The summed E-state index contributed by atoms with van der Waals surface area (Å²) in [7, 11) is 0. The van der Waals surface area contributed by atoms with E-state index in [2.05, 4.69) is 38.3 Å². The molecule has 156 valence electrons. The van der Waals surface area contributed by atoms with E-state index in [1.807, 2.05) is 24.3 Å². The normalized spacial score (nSPS) is 21.0. The summed E-state index contributed by atoms with van der Waals surface area (Å²) in [5.41, 5.74) is 3.98. The van der Waals surface area contributed by atoms with E-state index in [9.17, 15) is 4.21 Å². The number of anilines is 1. The van der Waals surface area contributed by atoms with Gasteiger partial charge in [-0.15, -0.1) is 0 Å². The van der Waals surface area contributed by atoms with E-state index in [1.54, 1.807) is 0 Å². The summed E-state index contributed by atoms with van der Waals surface area (Å²) < 4.78 is 22.0. The second-order valence-electron chi connectivity index (χ2n) is 7.60. The van der Waals surface area contributed by atoms with Crippen LogP contribution in [0.3, 0.4) is 0 Å².